The van der Waals surface area contributed by atoms with E-state index in [-0.39, 0.29) is 12.4 Å². The van der Waals surface area contributed by atoms with Gasteiger partial charge in [0.05, 0.1) is 5.02 Å². The Hall–Kier alpha value is -2.54. The van der Waals surface area contributed by atoms with E-state index in [0.717, 1.165) is 4.90 Å². The fraction of sp³-hybridized carbons (Fsp3) is 0.154. The second-order valence-electron chi connectivity index (χ2n) is 4.41. The van der Waals surface area contributed by atoms with Crippen molar-refractivity contribution in [3.05, 3.63) is 28.3 Å². The van der Waals surface area contributed by atoms with Gasteiger partial charge in [-0.25, -0.2) is 4.79 Å². The van der Waals surface area contributed by atoms with Crippen molar-refractivity contribution in [2.75, 3.05) is 13.8 Å². The van der Waals surface area contributed by atoms with Crippen LogP contribution in [0.25, 0.3) is 6.08 Å². The topological polar surface area (TPSA) is 84.9 Å². The van der Waals surface area contributed by atoms with Crippen LogP contribution in [0.5, 0.6) is 11.5 Å². The van der Waals surface area contributed by atoms with Gasteiger partial charge in [-0.3, -0.25) is 19.8 Å². The highest BCUT2D eigenvalue weighted by Crippen LogP contribution is 2.37. The van der Waals surface area contributed by atoms with Crippen molar-refractivity contribution in [3.63, 3.8) is 0 Å². The maximum Gasteiger partial charge on any atom is 0.331 e. The van der Waals surface area contributed by atoms with Gasteiger partial charge in [-0.2, -0.15) is 0 Å². The Bertz CT molecular complexity index is 713. The molecule has 0 aliphatic carbocycles. The first-order valence-electron chi connectivity index (χ1n) is 5.91. The van der Waals surface area contributed by atoms with E-state index in [9.17, 15) is 14.4 Å². The molecule has 1 aromatic rings. The number of benzene rings is 1. The van der Waals surface area contributed by atoms with E-state index in [1.165, 1.54) is 19.2 Å². The van der Waals surface area contributed by atoms with Crippen LogP contribution in [-0.4, -0.2) is 36.6 Å². The van der Waals surface area contributed by atoms with Crippen molar-refractivity contribution in [1.82, 2.24) is 10.2 Å². The largest absolute Gasteiger partial charge is 0.454 e. The number of likely N-dealkylation sites (N-methyl/N-ethyl adjacent to an activating group) is 1. The monoisotopic (exact) mass is 308 g/mol. The Balaban J connectivity index is 2.03. The van der Waals surface area contributed by atoms with E-state index in [0.29, 0.717) is 22.1 Å². The summed E-state index contributed by atoms with van der Waals surface area (Å²) in [6, 6.07) is 2.34. The van der Waals surface area contributed by atoms with E-state index in [4.69, 9.17) is 21.1 Å². The summed E-state index contributed by atoms with van der Waals surface area (Å²) < 4.78 is 10.4. The highest BCUT2D eigenvalue weighted by atomic mass is 35.5. The van der Waals surface area contributed by atoms with Gasteiger partial charge in [-0.1, -0.05) is 11.6 Å². The molecule has 0 bridgehead atoms. The van der Waals surface area contributed by atoms with Crippen molar-refractivity contribution in [1.29, 1.82) is 0 Å². The number of imide groups is 2. The summed E-state index contributed by atoms with van der Waals surface area (Å²) in [5, 5.41) is 2.36. The number of carbonyl (C=O) groups excluding carboxylic acids is 3. The molecule has 0 atom stereocenters. The lowest BCUT2D eigenvalue weighted by atomic mass is 10.1. The summed E-state index contributed by atoms with van der Waals surface area (Å²) in [4.78, 5) is 35.9. The van der Waals surface area contributed by atoms with Gasteiger partial charge >= 0.3 is 6.03 Å². The summed E-state index contributed by atoms with van der Waals surface area (Å²) in [5.41, 5.74) is 0.236. The minimum Gasteiger partial charge on any atom is -0.454 e. The molecule has 4 amide bonds. The van der Waals surface area contributed by atoms with Crippen LogP contribution in [0.4, 0.5) is 4.79 Å². The second-order valence-corrected chi connectivity index (χ2v) is 4.82. The molecule has 3 rings (SSSR count). The van der Waals surface area contributed by atoms with Gasteiger partial charge < -0.3 is 9.47 Å². The number of halogens is 1. The SMILES string of the molecule is CN1C(=O)NC(=O)/C(=C\c2cc3c(cc2Cl)OCO3)C1=O. The molecule has 0 spiro atoms. The van der Waals surface area contributed by atoms with Crippen molar-refractivity contribution in [2.24, 2.45) is 0 Å². The number of nitrogens with zero attached hydrogens (tertiary/aromatic N) is 1. The molecule has 0 aromatic heterocycles. The third-order valence-corrected chi connectivity index (χ3v) is 3.42. The molecule has 1 aromatic carbocycles. The van der Waals surface area contributed by atoms with E-state index < -0.39 is 17.8 Å². The van der Waals surface area contributed by atoms with Crippen LogP contribution in [0, 0.1) is 0 Å². The van der Waals surface area contributed by atoms with Crippen LogP contribution in [0.2, 0.25) is 5.02 Å². The third kappa shape index (κ3) is 2.21. The smallest absolute Gasteiger partial charge is 0.331 e. The minimum atomic E-state index is -0.767. The molecule has 8 heteroatoms. The first kappa shape index (κ1) is 13.4. The summed E-state index contributed by atoms with van der Waals surface area (Å²) in [6.45, 7) is 0.0857. The molecule has 1 fully saturated rings. The highest BCUT2D eigenvalue weighted by Gasteiger charge is 2.33. The number of ether oxygens (including phenoxy) is 2. The predicted octanol–water partition coefficient (Wildman–Crippen LogP) is 1.16. The van der Waals surface area contributed by atoms with E-state index in [2.05, 4.69) is 5.32 Å². The van der Waals surface area contributed by atoms with Crippen molar-refractivity contribution >= 4 is 35.5 Å². The summed E-state index contributed by atoms with van der Waals surface area (Å²) >= 11 is 6.08. The minimum absolute atomic E-state index is 0.0857. The summed E-state index contributed by atoms with van der Waals surface area (Å²) in [6.07, 6.45) is 1.31. The Kier molecular flexibility index (Phi) is 3.06. The maximum atomic E-state index is 12.0. The first-order chi connectivity index (χ1) is 9.97. The van der Waals surface area contributed by atoms with Gasteiger partial charge in [-0.15, -0.1) is 0 Å². The fourth-order valence-corrected chi connectivity index (χ4v) is 2.15. The van der Waals surface area contributed by atoms with Crippen LogP contribution < -0.4 is 14.8 Å². The Morgan fingerprint density at radius 2 is 1.90 bits per heavy atom. The Morgan fingerprint density at radius 1 is 1.24 bits per heavy atom. The third-order valence-electron chi connectivity index (χ3n) is 3.10. The van der Waals surface area contributed by atoms with Crippen LogP contribution in [-0.2, 0) is 9.59 Å². The van der Waals surface area contributed by atoms with Crippen LogP contribution in [0.1, 0.15) is 5.56 Å². The molecule has 2 aliphatic rings. The lowest BCUT2D eigenvalue weighted by molar-refractivity contribution is -0.129. The molecule has 2 aliphatic heterocycles. The number of barbiturate groups is 1. The van der Waals surface area contributed by atoms with Gasteiger partial charge in [-0.05, 0) is 17.7 Å². The Morgan fingerprint density at radius 3 is 2.62 bits per heavy atom. The zero-order valence-electron chi connectivity index (χ0n) is 10.8. The fourth-order valence-electron chi connectivity index (χ4n) is 1.94. The number of hydrogen-bond donors (Lipinski definition) is 1. The quantitative estimate of drug-likeness (QED) is 0.621. The molecule has 0 saturated carbocycles. The molecule has 108 valence electrons. The maximum absolute atomic E-state index is 12.0. The first-order valence-corrected chi connectivity index (χ1v) is 6.29. The zero-order valence-corrected chi connectivity index (χ0v) is 11.6. The molecule has 1 N–H and O–H groups in total. The summed E-state index contributed by atoms with van der Waals surface area (Å²) in [5.74, 6) is -0.498. The molecular formula is C13H9ClN2O5. The van der Waals surface area contributed by atoms with Crippen molar-refractivity contribution in [3.8, 4) is 11.5 Å². The average Bonchev–Trinajstić information content (AvgIpc) is 2.88. The van der Waals surface area contributed by atoms with Crippen molar-refractivity contribution < 1.29 is 23.9 Å². The van der Waals surface area contributed by atoms with Gasteiger partial charge in [0.1, 0.15) is 5.57 Å². The summed E-state index contributed by atoms with van der Waals surface area (Å²) in [7, 11) is 1.28. The lowest BCUT2D eigenvalue weighted by Crippen LogP contribution is -2.52. The van der Waals surface area contributed by atoms with Crippen LogP contribution in [0.3, 0.4) is 0 Å². The number of carbonyl (C=O) groups is 3. The molecule has 1 saturated heterocycles. The number of fused-ring (bicyclic) bond motifs is 1. The number of amides is 4. The molecular weight excluding hydrogens is 300 g/mol. The number of urea groups is 1. The zero-order chi connectivity index (χ0) is 15.1. The predicted molar refractivity (Wildman–Crippen MR) is 71.9 cm³/mol. The van der Waals surface area contributed by atoms with E-state index in [1.54, 1.807) is 6.07 Å². The number of rotatable bonds is 1. The van der Waals surface area contributed by atoms with E-state index >= 15 is 0 Å². The lowest BCUT2D eigenvalue weighted by Gasteiger charge is -2.22. The molecule has 2 heterocycles. The van der Waals surface area contributed by atoms with E-state index in [1.807, 2.05) is 0 Å². The highest BCUT2D eigenvalue weighted by molar-refractivity contribution is 6.34. The van der Waals surface area contributed by atoms with Gasteiger partial charge in [0.15, 0.2) is 11.5 Å². The normalized spacial score (nSPS) is 19.2. The van der Waals surface area contributed by atoms with Crippen LogP contribution in [0.15, 0.2) is 17.7 Å². The van der Waals surface area contributed by atoms with Gasteiger partial charge in [0.2, 0.25) is 6.79 Å². The van der Waals surface area contributed by atoms with Gasteiger partial charge in [0.25, 0.3) is 11.8 Å². The average molecular weight is 309 g/mol. The second kappa shape index (κ2) is 4.78. The Labute approximate surface area is 124 Å². The molecule has 21 heavy (non-hydrogen) atoms. The number of nitrogens with one attached hydrogen (secondary N) is 1. The molecule has 0 radical (unpaired) electrons. The molecule has 7 nitrogen and oxygen atoms in total. The van der Waals surface area contributed by atoms with Gasteiger partial charge in [0, 0.05) is 13.1 Å². The van der Waals surface area contributed by atoms with Crippen molar-refractivity contribution in [2.45, 2.75) is 0 Å². The molecule has 0 unspecified atom stereocenters. The van der Waals surface area contributed by atoms with Crippen LogP contribution >= 0.6 is 11.6 Å². The standard InChI is InChI=1S/C13H9ClN2O5/c1-16-12(18)7(11(17)15-13(16)19)2-6-3-9-10(4-8(6)14)21-5-20-9/h2-4H,5H2,1H3,(H,15,17,19)/b7-2+. The number of hydrogen-bond acceptors (Lipinski definition) is 5.